The van der Waals surface area contributed by atoms with E-state index in [0.717, 1.165) is 23.4 Å². The molecule has 1 saturated heterocycles. The molecule has 0 bridgehead atoms. The lowest BCUT2D eigenvalue weighted by Gasteiger charge is -2.16. The smallest absolute Gasteiger partial charge is 0.417 e. The summed E-state index contributed by atoms with van der Waals surface area (Å²) in [6, 6.07) is 15.4. The summed E-state index contributed by atoms with van der Waals surface area (Å²) in [4.78, 5) is 28.8. The maximum Gasteiger partial charge on any atom is 0.417 e. The average molecular weight is 583 g/mol. The summed E-state index contributed by atoms with van der Waals surface area (Å²) in [5.74, 6) is -1.06. The fourth-order valence-corrected chi connectivity index (χ4v) is 5.79. The van der Waals surface area contributed by atoms with Crippen molar-refractivity contribution in [3.8, 4) is 16.9 Å². The number of thiocarbonyl (C=S) groups is 1. The molecule has 1 aliphatic rings. The van der Waals surface area contributed by atoms with Gasteiger partial charge in [0, 0.05) is 23.8 Å². The Labute approximate surface area is 236 Å². The van der Waals surface area contributed by atoms with Crippen molar-refractivity contribution in [3.05, 3.63) is 94.0 Å². The molecule has 0 unspecified atom stereocenters. The Balaban J connectivity index is 1.43. The SMILES string of the molecule is COc1ccc(C=C2SC(=S)N(CCc3ccc(C(=O)O)cc3)C2=O)cc1-c1cc2cc[nH]c2cc1C(F)(F)F. The molecule has 1 aromatic heterocycles. The second-order valence-electron chi connectivity index (χ2n) is 9.01. The minimum absolute atomic E-state index is 0.0341. The zero-order valence-electron chi connectivity index (χ0n) is 20.9. The van der Waals surface area contributed by atoms with Crippen molar-refractivity contribution in [2.45, 2.75) is 12.6 Å². The molecule has 0 aliphatic carbocycles. The summed E-state index contributed by atoms with van der Waals surface area (Å²) in [6.07, 6.45) is -0.957. The molecule has 0 saturated carbocycles. The normalized spacial score (nSPS) is 14.9. The molecule has 40 heavy (non-hydrogen) atoms. The van der Waals surface area contributed by atoms with Crippen molar-refractivity contribution in [2.24, 2.45) is 0 Å². The number of hydrogen-bond acceptors (Lipinski definition) is 5. The number of hydrogen-bond donors (Lipinski definition) is 2. The predicted molar refractivity (Wildman–Crippen MR) is 152 cm³/mol. The molecule has 0 atom stereocenters. The number of benzene rings is 3. The van der Waals surface area contributed by atoms with Crippen molar-refractivity contribution in [2.75, 3.05) is 13.7 Å². The summed E-state index contributed by atoms with van der Waals surface area (Å²) < 4.78 is 47.9. The number of carbonyl (C=O) groups excluding carboxylic acids is 1. The van der Waals surface area contributed by atoms with Crippen LogP contribution in [-0.2, 0) is 17.4 Å². The first-order valence-corrected chi connectivity index (χ1v) is 13.2. The van der Waals surface area contributed by atoms with Crippen LogP contribution >= 0.6 is 24.0 Å². The highest BCUT2D eigenvalue weighted by molar-refractivity contribution is 8.26. The molecule has 0 spiro atoms. The molecular weight excluding hydrogens is 561 g/mol. The van der Waals surface area contributed by atoms with Crippen molar-refractivity contribution in [3.63, 3.8) is 0 Å². The lowest BCUT2D eigenvalue weighted by Crippen LogP contribution is -2.30. The van der Waals surface area contributed by atoms with Gasteiger partial charge in [-0.2, -0.15) is 13.2 Å². The molecule has 2 heterocycles. The molecule has 1 aliphatic heterocycles. The van der Waals surface area contributed by atoms with Crippen molar-refractivity contribution in [1.82, 2.24) is 9.88 Å². The number of aromatic amines is 1. The highest BCUT2D eigenvalue weighted by Gasteiger charge is 2.35. The number of thioether (sulfide) groups is 1. The highest BCUT2D eigenvalue weighted by Crippen LogP contribution is 2.43. The summed E-state index contributed by atoms with van der Waals surface area (Å²) in [6.45, 7) is 0.300. The lowest BCUT2D eigenvalue weighted by atomic mass is 9.95. The van der Waals surface area contributed by atoms with E-state index in [4.69, 9.17) is 22.1 Å². The number of amides is 1. The molecule has 1 fully saturated rings. The van der Waals surface area contributed by atoms with Crippen LogP contribution in [0.25, 0.3) is 28.1 Å². The molecule has 0 radical (unpaired) electrons. The van der Waals surface area contributed by atoms with Crippen molar-refractivity contribution >= 4 is 57.2 Å². The molecule has 1 amide bonds. The molecule has 2 N–H and O–H groups in total. The van der Waals surface area contributed by atoms with Gasteiger partial charge in [0.15, 0.2) is 0 Å². The number of fused-ring (bicyclic) bond motifs is 1. The minimum atomic E-state index is -4.61. The number of nitrogens with one attached hydrogen (secondary N) is 1. The van der Waals surface area contributed by atoms with E-state index in [1.165, 1.54) is 30.2 Å². The number of alkyl halides is 3. The lowest BCUT2D eigenvalue weighted by molar-refractivity contribution is -0.137. The van der Waals surface area contributed by atoms with Gasteiger partial charge in [-0.1, -0.05) is 42.2 Å². The number of methoxy groups -OCH3 is 1. The second-order valence-corrected chi connectivity index (χ2v) is 10.7. The fraction of sp³-hybridized carbons (Fsp3) is 0.138. The summed E-state index contributed by atoms with van der Waals surface area (Å²) in [5.41, 5.74) is 1.31. The second kappa shape index (κ2) is 10.8. The first-order valence-electron chi connectivity index (χ1n) is 12.0. The Morgan fingerprint density at radius 1 is 1.10 bits per heavy atom. The largest absolute Gasteiger partial charge is 0.496 e. The number of rotatable bonds is 7. The van der Waals surface area contributed by atoms with Crippen molar-refractivity contribution in [1.29, 1.82) is 0 Å². The van der Waals surface area contributed by atoms with E-state index in [1.54, 1.807) is 48.7 Å². The van der Waals surface area contributed by atoms with Crippen LogP contribution < -0.4 is 4.74 Å². The number of H-pyrrole nitrogens is 1. The number of carboxylic acids is 1. The topological polar surface area (TPSA) is 82.6 Å². The molecule has 3 aromatic carbocycles. The predicted octanol–water partition coefficient (Wildman–Crippen LogP) is 7.00. The molecule has 4 aromatic rings. The van der Waals surface area contributed by atoms with Crippen LogP contribution in [0.2, 0.25) is 0 Å². The van der Waals surface area contributed by atoms with Crippen LogP contribution in [0.15, 0.2) is 71.8 Å². The van der Waals surface area contributed by atoms with E-state index in [-0.39, 0.29) is 28.3 Å². The van der Waals surface area contributed by atoms with Gasteiger partial charge in [-0.05, 0) is 77.0 Å². The number of ether oxygens (including phenoxy) is 1. The monoisotopic (exact) mass is 582 g/mol. The van der Waals surface area contributed by atoms with Gasteiger partial charge in [-0.3, -0.25) is 9.69 Å². The standard InChI is InChI=1S/C29H21F3N2O4S2/c1-38-24-7-4-17(12-21(24)20-14-19-8-10-33-23(19)15-22(20)29(30,31)32)13-25-26(35)34(28(39)40-25)11-9-16-2-5-18(6-3-16)27(36)37/h2-8,10,12-15,33H,9,11H2,1H3,(H,36,37). The molecule has 11 heteroatoms. The van der Waals surface area contributed by atoms with Crippen LogP contribution in [0.4, 0.5) is 13.2 Å². The van der Waals surface area contributed by atoms with Crippen LogP contribution in [0.5, 0.6) is 5.75 Å². The van der Waals surface area contributed by atoms with Gasteiger partial charge in [-0.25, -0.2) is 4.79 Å². The Morgan fingerprint density at radius 2 is 1.85 bits per heavy atom. The van der Waals surface area contributed by atoms with Gasteiger partial charge in [-0.15, -0.1) is 0 Å². The van der Waals surface area contributed by atoms with E-state index >= 15 is 0 Å². The quantitative estimate of drug-likeness (QED) is 0.180. The molecule has 5 rings (SSSR count). The molecule has 6 nitrogen and oxygen atoms in total. The van der Waals surface area contributed by atoms with E-state index in [0.29, 0.717) is 38.7 Å². The summed E-state index contributed by atoms with van der Waals surface area (Å²) in [5, 5.41) is 9.67. The van der Waals surface area contributed by atoms with Crippen LogP contribution in [0, 0.1) is 0 Å². The third-order valence-corrected chi connectivity index (χ3v) is 7.88. The van der Waals surface area contributed by atoms with Gasteiger partial charge >= 0.3 is 12.1 Å². The number of carboxylic acid groups (broad SMARTS) is 1. The molecule has 204 valence electrons. The number of aromatic nitrogens is 1. The first kappa shape index (κ1) is 27.5. The Morgan fingerprint density at radius 3 is 2.52 bits per heavy atom. The summed E-state index contributed by atoms with van der Waals surface area (Å²) >= 11 is 6.54. The van der Waals surface area contributed by atoms with E-state index < -0.39 is 17.7 Å². The Bertz CT molecular complexity index is 1680. The average Bonchev–Trinajstić information content (AvgIpc) is 3.49. The Kier molecular flexibility index (Phi) is 7.43. The zero-order valence-corrected chi connectivity index (χ0v) is 22.5. The van der Waals surface area contributed by atoms with Gasteiger partial charge in [0.05, 0.1) is 23.1 Å². The minimum Gasteiger partial charge on any atom is -0.496 e. The Hall–Kier alpha value is -4.09. The maximum absolute atomic E-state index is 14.1. The van der Waals surface area contributed by atoms with Gasteiger partial charge < -0.3 is 14.8 Å². The number of carbonyl (C=O) groups is 2. The first-order chi connectivity index (χ1) is 19.0. The van der Waals surface area contributed by atoms with Crippen LogP contribution in [0.3, 0.4) is 0 Å². The fourth-order valence-electron chi connectivity index (χ4n) is 4.48. The highest BCUT2D eigenvalue weighted by atomic mass is 32.2. The number of halogens is 3. The van der Waals surface area contributed by atoms with E-state index in [9.17, 15) is 22.8 Å². The van der Waals surface area contributed by atoms with Crippen molar-refractivity contribution < 1.29 is 32.6 Å². The molecular formula is C29H21F3N2O4S2. The number of aromatic carboxylic acids is 1. The van der Waals surface area contributed by atoms with Crippen LogP contribution in [-0.4, -0.2) is 44.8 Å². The van der Waals surface area contributed by atoms with Gasteiger partial charge in [0.1, 0.15) is 10.1 Å². The van der Waals surface area contributed by atoms with Gasteiger partial charge in [0.25, 0.3) is 5.91 Å². The maximum atomic E-state index is 14.1. The third kappa shape index (κ3) is 5.47. The van der Waals surface area contributed by atoms with E-state index in [2.05, 4.69) is 4.98 Å². The number of nitrogens with zero attached hydrogens (tertiary/aromatic N) is 1. The zero-order chi connectivity index (χ0) is 28.6. The summed E-state index contributed by atoms with van der Waals surface area (Å²) in [7, 11) is 1.39. The van der Waals surface area contributed by atoms with Crippen LogP contribution in [0.1, 0.15) is 27.0 Å². The third-order valence-electron chi connectivity index (χ3n) is 6.51. The van der Waals surface area contributed by atoms with Gasteiger partial charge in [0.2, 0.25) is 0 Å². The van der Waals surface area contributed by atoms with E-state index in [1.807, 2.05) is 0 Å².